The van der Waals surface area contributed by atoms with Crippen LogP contribution in [0.15, 0.2) is 36.4 Å². The summed E-state index contributed by atoms with van der Waals surface area (Å²) in [4.78, 5) is 23.5. The van der Waals surface area contributed by atoms with Gasteiger partial charge in [-0.2, -0.15) is 0 Å². The largest absolute Gasteiger partial charge is 0.461 e. The van der Waals surface area contributed by atoms with Crippen molar-refractivity contribution in [3.63, 3.8) is 0 Å². The third-order valence-electron chi connectivity index (χ3n) is 3.85. The second-order valence-corrected chi connectivity index (χ2v) is 6.05. The molecule has 0 bridgehead atoms. The van der Waals surface area contributed by atoms with E-state index in [0.29, 0.717) is 6.42 Å². The zero-order chi connectivity index (χ0) is 18.6. The first-order valence-corrected chi connectivity index (χ1v) is 8.23. The van der Waals surface area contributed by atoms with Gasteiger partial charge in [-0.1, -0.05) is 48.9 Å². The van der Waals surface area contributed by atoms with Gasteiger partial charge in [0.25, 0.3) is 0 Å². The Balaban J connectivity index is 2.32. The van der Waals surface area contributed by atoms with Crippen LogP contribution in [-0.4, -0.2) is 11.8 Å². The zero-order valence-corrected chi connectivity index (χ0v) is 14.8. The molecule has 6 heteroatoms. The van der Waals surface area contributed by atoms with Gasteiger partial charge in [-0.05, 0) is 18.1 Å². The van der Waals surface area contributed by atoms with Crippen molar-refractivity contribution in [2.24, 2.45) is 5.73 Å². The summed E-state index contributed by atoms with van der Waals surface area (Å²) in [6, 6.07) is 8.86. The average Bonchev–Trinajstić information content (AvgIpc) is 2.59. The summed E-state index contributed by atoms with van der Waals surface area (Å²) < 4.78 is 19.6. The van der Waals surface area contributed by atoms with Crippen molar-refractivity contribution in [2.75, 3.05) is 0 Å². The Morgan fingerprint density at radius 2 is 1.84 bits per heavy atom. The van der Waals surface area contributed by atoms with E-state index in [0.717, 1.165) is 5.56 Å². The van der Waals surface area contributed by atoms with Gasteiger partial charge in [0, 0.05) is 24.1 Å². The summed E-state index contributed by atoms with van der Waals surface area (Å²) >= 11 is 6.05. The van der Waals surface area contributed by atoms with Gasteiger partial charge in [0.2, 0.25) is 0 Å². The summed E-state index contributed by atoms with van der Waals surface area (Å²) in [5.41, 5.74) is 6.98. The van der Waals surface area contributed by atoms with E-state index >= 15 is 0 Å². The Labute approximate surface area is 150 Å². The van der Waals surface area contributed by atoms with Crippen LogP contribution in [0.25, 0.3) is 0 Å². The molecule has 0 aromatic heterocycles. The Kier molecular flexibility index (Phi) is 6.28. The lowest BCUT2D eigenvalue weighted by molar-refractivity contribution is -0.142. The number of carbonyl (C=O) groups is 2. The summed E-state index contributed by atoms with van der Waals surface area (Å²) in [6.07, 6.45) is 0.539. The van der Waals surface area contributed by atoms with Crippen LogP contribution in [0.5, 0.6) is 0 Å². The Hall–Kier alpha value is -2.24. The van der Waals surface area contributed by atoms with Crippen molar-refractivity contribution < 1.29 is 18.7 Å². The fourth-order valence-electron chi connectivity index (χ4n) is 2.36. The van der Waals surface area contributed by atoms with E-state index in [1.54, 1.807) is 24.3 Å². The van der Waals surface area contributed by atoms with Crippen molar-refractivity contribution in [2.45, 2.75) is 32.9 Å². The van der Waals surface area contributed by atoms with Crippen molar-refractivity contribution in [3.05, 3.63) is 69.5 Å². The maximum absolute atomic E-state index is 14.8. The molecule has 2 aromatic carbocycles. The number of ether oxygens (including phenoxy) is 1. The van der Waals surface area contributed by atoms with Gasteiger partial charge in [-0.3, -0.25) is 9.59 Å². The molecule has 2 aromatic rings. The molecular weight excluding hydrogens is 345 g/mol. The summed E-state index contributed by atoms with van der Waals surface area (Å²) in [5, 5.41) is 0.0403. The van der Waals surface area contributed by atoms with Gasteiger partial charge in [-0.25, -0.2) is 4.39 Å². The van der Waals surface area contributed by atoms with E-state index in [4.69, 9.17) is 22.1 Å². The first kappa shape index (κ1) is 19.1. The Morgan fingerprint density at radius 3 is 2.40 bits per heavy atom. The van der Waals surface area contributed by atoms with Crippen LogP contribution in [0.2, 0.25) is 5.02 Å². The Bertz CT molecular complexity index is 790. The molecule has 0 aliphatic rings. The van der Waals surface area contributed by atoms with E-state index in [-0.39, 0.29) is 28.3 Å². The van der Waals surface area contributed by atoms with Gasteiger partial charge in [0.1, 0.15) is 12.4 Å². The first-order valence-electron chi connectivity index (χ1n) is 7.85. The molecule has 0 radical (unpaired) electrons. The normalized spacial score (nSPS) is 11.9. The van der Waals surface area contributed by atoms with E-state index < -0.39 is 23.6 Å². The number of hydrogen-bond donors (Lipinski definition) is 1. The molecule has 0 aliphatic heterocycles. The number of halogens is 2. The fourth-order valence-corrected chi connectivity index (χ4v) is 2.60. The second-order valence-electron chi connectivity index (χ2n) is 5.65. The number of hydrogen-bond acceptors (Lipinski definition) is 4. The zero-order valence-electron chi connectivity index (χ0n) is 14.0. The van der Waals surface area contributed by atoms with Crippen molar-refractivity contribution in [1.29, 1.82) is 0 Å². The summed E-state index contributed by atoms with van der Waals surface area (Å²) in [5.74, 6) is -1.60. The lowest BCUT2D eigenvalue weighted by atomic mass is 9.96. The average molecular weight is 364 g/mol. The lowest BCUT2D eigenvalue weighted by Crippen LogP contribution is -2.14. The smallest absolute Gasteiger partial charge is 0.302 e. The number of esters is 1. The maximum Gasteiger partial charge on any atom is 0.302 e. The van der Waals surface area contributed by atoms with Crippen LogP contribution in [0, 0.1) is 5.82 Å². The molecular formula is C19H19ClFNO3. The third kappa shape index (κ3) is 4.44. The molecule has 0 fully saturated rings. The minimum absolute atomic E-state index is 0.0403. The monoisotopic (exact) mass is 363 g/mol. The molecule has 1 atom stereocenters. The Morgan fingerprint density at radius 1 is 1.20 bits per heavy atom. The van der Waals surface area contributed by atoms with E-state index in [9.17, 15) is 14.0 Å². The first-order chi connectivity index (χ1) is 11.8. The van der Waals surface area contributed by atoms with Crippen LogP contribution in [0.3, 0.4) is 0 Å². The standard InChI is InChI=1S/C19H19ClFNO3/c1-3-16(22)14-8-9-15(20)17(18(14)21)19(24)13-6-4-12(5-7-13)10-25-11(2)23/h4-9,16H,3,10,22H2,1-2H3/t16-/m1/s1. The predicted octanol–water partition coefficient (Wildman–Crippen LogP) is 4.18. The SMILES string of the molecule is CC[C@@H](N)c1ccc(Cl)c(C(=O)c2ccc(COC(C)=O)cc2)c1F. The van der Waals surface area contributed by atoms with Gasteiger partial charge < -0.3 is 10.5 Å². The van der Waals surface area contributed by atoms with E-state index in [1.165, 1.54) is 19.1 Å². The highest BCUT2D eigenvalue weighted by atomic mass is 35.5. The minimum atomic E-state index is -0.684. The van der Waals surface area contributed by atoms with Gasteiger partial charge in [0.15, 0.2) is 5.78 Å². The van der Waals surface area contributed by atoms with Crippen molar-refractivity contribution >= 4 is 23.4 Å². The topological polar surface area (TPSA) is 69.4 Å². The number of carbonyl (C=O) groups excluding carboxylic acids is 2. The fraction of sp³-hybridized carbons (Fsp3) is 0.263. The molecule has 0 aliphatic carbocycles. The molecule has 2 rings (SSSR count). The molecule has 132 valence electrons. The second kappa shape index (κ2) is 8.23. The van der Waals surface area contributed by atoms with Crippen molar-refractivity contribution in [1.82, 2.24) is 0 Å². The van der Waals surface area contributed by atoms with Crippen LogP contribution >= 0.6 is 11.6 Å². The molecule has 25 heavy (non-hydrogen) atoms. The maximum atomic E-state index is 14.8. The van der Waals surface area contributed by atoms with E-state index in [2.05, 4.69) is 0 Å². The van der Waals surface area contributed by atoms with Crippen LogP contribution in [0.1, 0.15) is 53.4 Å². The highest BCUT2D eigenvalue weighted by Gasteiger charge is 2.22. The number of benzene rings is 2. The highest BCUT2D eigenvalue weighted by molar-refractivity contribution is 6.35. The van der Waals surface area contributed by atoms with Gasteiger partial charge in [-0.15, -0.1) is 0 Å². The lowest BCUT2D eigenvalue weighted by Gasteiger charge is -2.14. The van der Waals surface area contributed by atoms with Gasteiger partial charge >= 0.3 is 5.97 Å². The predicted molar refractivity (Wildman–Crippen MR) is 94.0 cm³/mol. The molecule has 0 saturated heterocycles. The summed E-state index contributed by atoms with van der Waals surface area (Å²) in [7, 11) is 0. The molecule has 0 amide bonds. The molecule has 0 heterocycles. The molecule has 4 nitrogen and oxygen atoms in total. The minimum Gasteiger partial charge on any atom is -0.461 e. The van der Waals surface area contributed by atoms with Crippen LogP contribution in [0.4, 0.5) is 4.39 Å². The number of ketones is 1. The van der Waals surface area contributed by atoms with Crippen molar-refractivity contribution in [3.8, 4) is 0 Å². The molecule has 0 spiro atoms. The van der Waals surface area contributed by atoms with Crippen LogP contribution in [-0.2, 0) is 16.1 Å². The quantitative estimate of drug-likeness (QED) is 0.617. The summed E-state index contributed by atoms with van der Waals surface area (Å²) in [6.45, 7) is 3.26. The number of nitrogens with two attached hydrogens (primary N) is 1. The number of rotatable bonds is 6. The highest BCUT2D eigenvalue weighted by Crippen LogP contribution is 2.28. The molecule has 0 unspecified atom stereocenters. The molecule has 0 saturated carbocycles. The van der Waals surface area contributed by atoms with E-state index in [1.807, 2.05) is 6.92 Å². The third-order valence-corrected chi connectivity index (χ3v) is 4.16. The molecule has 2 N–H and O–H groups in total. The van der Waals surface area contributed by atoms with Crippen LogP contribution < -0.4 is 5.73 Å². The van der Waals surface area contributed by atoms with Gasteiger partial charge in [0.05, 0.1) is 10.6 Å².